The molecule has 0 radical (unpaired) electrons. The lowest BCUT2D eigenvalue weighted by Gasteiger charge is -1.76. The summed E-state index contributed by atoms with van der Waals surface area (Å²) in [6.45, 7) is 6.78. The topological polar surface area (TPSA) is 47.9 Å². The monoisotopic (exact) mass is 241 g/mol. The summed E-state index contributed by atoms with van der Waals surface area (Å²) in [6.07, 6.45) is 0. The minimum absolute atomic E-state index is 0. The smallest absolute Gasteiger partial charge is 0.166 e. The van der Waals surface area contributed by atoms with E-state index in [1.54, 1.807) is 7.11 Å². The number of hydrogen-bond acceptors (Lipinski definition) is 4. The molecule has 0 saturated heterocycles. The van der Waals surface area contributed by atoms with E-state index in [-0.39, 0.29) is 7.43 Å². The lowest BCUT2D eigenvalue weighted by molar-refractivity contribution is 0.215. The quantitative estimate of drug-likeness (QED) is 0.747. The van der Waals surface area contributed by atoms with Gasteiger partial charge in [-0.2, -0.15) is 13.5 Å². The van der Waals surface area contributed by atoms with Crippen molar-refractivity contribution < 1.29 is 4.74 Å². The molecule has 1 heterocycles. The van der Waals surface area contributed by atoms with Crippen LogP contribution in [0.15, 0.2) is 0 Å². The van der Waals surface area contributed by atoms with Crippen molar-refractivity contribution in [2.75, 3.05) is 13.7 Å². The molecule has 78 valence electrons. The van der Waals surface area contributed by atoms with Gasteiger partial charge in [0.1, 0.15) is 0 Å². The van der Waals surface area contributed by atoms with Gasteiger partial charge in [0.15, 0.2) is 25.5 Å². The van der Waals surface area contributed by atoms with Gasteiger partial charge in [-0.3, -0.25) is 0 Å². The third kappa shape index (κ3) is 24.5. The molecular formula is C6H18N3OP3. The van der Waals surface area contributed by atoms with Gasteiger partial charge in [-0.1, -0.05) is 21.3 Å². The van der Waals surface area contributed by atoms with E-state index in [0.717, 1.165) is 32.1 Å². The third-order valence-electron chi connectivity index (χ3n) is 0.529. The minimum atomic E-state index is 0. The summed E-state index contributed by atoms with van der Waals surface area (Å²) in [5, 5.41) is 0. The van der Waals surface area contributed by atoms with E-state index < -0.39 is 0 Å². The van der Waals surface area contributed by atoms with Crippen LogP contribution in [-0.2, 0) is 4.74 Å². The molecule has 7 heteroatoms. The van der Waals surface area contributed by atoms with Gasteiger partial charge in [-0.15, -0.1) is 0 Å². The highest BCUT2D eigenvalue weighted by Crippen LogP contribution is 2.01. The zero-order valence-corrected chi connectivity index (χ0v) is 10.5. The molecule has 0 atom stereocenters. The van der Waals surface area contributed by atoms with Crippen molar-refractivity contribution in [1.29, 1.82) is 0 Å². The van der Waals surface area contributed by atoms with Crippen molar-refractivity contribution in [1.82, 2.24) is 13.5 Å². The van der Waals surface area contributed by atoms with E-state index in [4.69, 9.17) is 0 Å². The summed E-state index contributed by atoms with van der Waals surface area (Å²) < 4.78 is 15.9. The summed E-state index contributed by atoms with van der Waals surface area (Å²) in [5.41, 5.74) is 0. The Morgan fingerprint density at radius 3 is 1.31 bits per heavy atom. The number of ether oxygens (including phenoxy) is 1. The van der Waals surface area contributed by atoms with Crippen molar-refractivity contribution in [3.05, 3.63) is 0 Å². The maximum absolute atomic E-state index is 4.54. The van der Waals surface area contributed by atoms with Crippen LogP contribution in [0.4, 0.5) is 0 Å². The maximum Gasteiger partial charge on any atom is 0.166 e. The average Bonchev–Trinajstić information content (AvgIpc) is 2.24. The average molecular weight is 241 g/mol. The zero-order chi connectivity index (χ0) is 9.66. The Labute approximate surface area is 86.3 Å². The molecule has 13 heavy (non-hydrogen) atoms. The molecule has 0 N–H and O–H groups in total. The van der Waals surface area contributed by atoms with Crippen molar-refractivity contribution in [2.45, 2.75) is 28.2 Å². The second kappa shape index (κ2) is 22.8. The highest BCUT2D eigenvalue weighted by molar-refractivity contribution is 7.43. The molecule has 0 bridgehead atoms. The largest absolute Gasteiger partial charge is 0.385 e. The van der Waals surface area contributed by atoms with Crippen molar-refractivity contribution in [3.63, 3.8) is 0 Å². The zero-order valence-electron chi connectivity index (χ0n) is 7.80. The lowest BCUT2D eigenvalue weighted by Crippen LogP contribution is -1.73. The number of rotatable bonds is 1. The van der Waals surface area contributed by atoms with Crippen molar-refractivity contribution in [3.8, 4) is 0 Å². The molecule has 1 aromatic rings. The van der Waals surface area contributed by atoms with E-state index in [0.29, 0.717) is 0 Å². The number of nitrogens with zero attached hydrogens (tertiary/aromatic N) is 3. The van der Waals surface area contributed by atoms with Crippen LogP contribution in [0.1, 0.15) is 28.2 Å². The van der Waals surface area contributed by atoms with Gasteiger partial charge >= 0.3 is 0 Å². The van der Waals surface area contributed by atoms with Crippen molar-refractivity contribution >= 4 is 25.5 Å². The fraction of sp³-hybridized carbons (Fsp3) is 1.00. The van der Waals surface area contributed by atoms with E-state index in [1.165, 1.54) is 0 Å². The maximum atomic E-state index is 4.54. The van der Waals surface area contributed by atoms with Crippen LogP contribution in [0.5, 0.6) is 0 Å². The van der Waals surface area contributed by atoms with E-state index in [9.17, 15) is 0 Å². The Balaban J connectivity index is -0.000000128. The van der Waals surface area contributed by atoms with E-state index in [2.05, 4.69) is 18.3 Å². The molecule has 0 spiro atoms. The van der Waals surface area contributed by atoms with Crippen LogP contribution in [0, 0.1) is 0 Å². The van der Waals surface area contributed by atoms with Crippen LogP contribution >= 0.6 is 25.5 Å². The molecule has 0 fully saturated rings. The predicted molar refractivity (Wildman–Crippen MR) is 63.0 cm³/mol. The molecule has 0 aliphatic rings. The summed E-state index contributed by atoms with van der Waals surface area (Å²) in [4.78, 5) is 0. The number of methoxy groups -OCH3 is 1. The Morgan fingerprint density at radius 2 is 1.23 bits per heavy atom. The first-order valence-electron chi connectivity index (χ1n) is 3.60. The first-order valence-corrected chi connectivity index (χ1v) is 6.00. The lowest BCUT2D eigenvalue weighted by atomic mass is 10.9. The molecule has 1 aromatic heterocycles. The van der Waals surface area contributed by atoms with Crippen LogP contribution in [0.3, 0.4) is 0 Å². The first-order chi connectivity index (χ1) is 5.91. The standard InChI is InChI=1S/C3H8O.C2H6.CH4.N3P3/c1-3-4-2;1-2;;1-4-2-6-3-5-1/h3H2,1-2H3;1-2H3;1H4;. The normalized spacial score (nSPS) is 8.31. The second-order valence-corrected chi connectivity index (χ2v) is 3.80. The van der Waals surface area contributed by atoms with Crippen molar-refractivity contribution in [2.24, 2.45) is 0 Å². The number of aromatic nitrogens is 3. The summed E-state index contributed by atoms with van der Waals surface area (Å²) in [5.74, 6) is 0. The Bertz CT molecular complexity index is 115. The highest BCUT2D eigenvalue weighted by Gasteiger charge is 1.64. The van der Waals surface area contributed by atoms with Crippen LogP contribution in [0.25, 0.3) is 0 Å². The van der Waals surface area contributed by atoms with Crippen LogP contribution in [-0.4, -0.2) is 27.2 Å². The van der Waals surface area contributed by atoms with Gasteiger partial charge in [0.05, 0.1) is 0 Å². The highest BCUT2D eigenvalue weighted by atomic mass is 31.1. The fourth-order valence-electron chi connectivity index (χ4n) is 0.107. The van der Waals surface area contributed by atoms with Gasteiger partial charge in [0.25, 0.3) is 0 Å². The van der Waals surface area contributed by atoms with Gasteiger partial charge in [-0.05, 0) is 6.92 Å². The SMILES string of the molecule is C.CC.CCOC.n1pnpnp1. The fourth-order valence-corrected chi connectivity index (χ4v) is 1.93. The molecule has 0 aliphatic carbocycles. The second-order valence-electron chi connectivity index (χ2n) is 1.11. The van der Waals surface area contributed by atoms with Gasteiger partial charge in [-0.25, -0.2) is 0 Å². The summed E-state index contributed by atoms with van der Waals surface area (Å²) >= 11 is 0. The molecule has 0 aromatic carbocycles. The predicted octanol–water partition coefficient (Wildman–Crippen LogP) is 3.93. The van der Waals surface area contributed by atoms with Gasteiger partial charge in [0.2, 0.25) is 0 Å². The molecule has 0 saturated carbocycles. The van der Waals surface area contributed by atoms with Crippen LogP contribution in [0.2, 0.25) is 0 Å². The first kappa shape index (κ1) is 18.9. The number of hydrogen-bond donors (Lipinski definition) is 0. The third-order valence-corrected chi connectivity index (χ3v) is 2.45. The minimum Gasteiger partial charge on any atom is -0.385 e. The Morgan fingerprint density at radius 1 is 1.00 bits per heavy atom. The Kier molecular flexibility index (Phi) is 33.2. The van der Waals surface area contributed by atoms with Crippen LogP contribution < -0.4 is 0 Å². The van der Waals surface area contributed by atoms with E-state index >= 15 is 0 Å². The van der Waals surface area contributed by atoms with E-state index in [1.807, 2.05) is 20.8 Å². The molecule has 4 nitrogen and oxygen atoms in total. The molecular weight excluding hydrogens is 223 g/mol. The molecule has 0 unspecified atom stereocenters. The van der Waals surface area contributed by atoms with Gasteiger partial charge < -0.3 is 4.74 Å². The molecule has 0 aliphatic heterocycles. The summed E-state index contributed by atoms with van der Waals surface area (Å²) in [7, 11) is 4.17. The summed E-state index contributed by atoms with van der Waals surface area (Å²) in [6, 6.07) is 0. The Hall–Kier alpha value is 0.260. The molecule has 1 rings (SSSR count). The molecule has 0 amide bonds. The van der Waals surface area contributed by atoms with Gasteiger partial charge in [0, 0.05) is 13.7 Å².